The third kappa shape index (κ3) is 2.60. The molecule has 1 unspecified atom stereocenters. The molecule has 0 radical (unpaired) electrons. The van der Waals surface area contributed by atoms with Gasteiger partial charge in [0.05, 0.1) is 18.6 Å². The maximum Gasteiger partial charge on any atom is 0.305 e. The van der Waals surface area contributed by atoms with E-state index >= 15 is 0 Å². The first kappa shape index (κ1) is 14.8. The Bertz CT molecular complexity index is 457. The lowest BCUT2D eigenvalue weighted by molar-refractivity contribution is -0.137. The van der Waals surface area contributed by atoms with Crippen LogP contribution in [-0.2, 0) is 4.79 Å². The molecular weight excluding hydrogens is 254 g/mol. The summed E-state index contributed by atoms with van der Waals surface area (Å²) in [6, 6.07) is -0.565. The molecule has 0 bridgehead atoms. The lowest BCUT2D eigenvalue weighted by Gasteiger charge is -2.21. The first-order valence-electron chi connectivity index (χ1n) is 5.61. The van der Waals surface area contributed by atoms with Gasteiger partial charge in [0.25, 0.3) is 0 Å². The third-order valence-electron chi connectivity index (χ3n) is 3.21. The molecule has 0 saturated heterocycles. The van der Waals surface area contributed by atoms with Crippen LogP contribution in [0.2, 0.25) is 5.02 Å². The zero-order valence-corrected chi connectivity index (χ0v) is 11.8. The van der Waals surface area contributed by atoms with Crippen LogP contribution < -0.4 is 10.5 Å². The molecule has 0 aliphatic heterocycles. The fourth-order valence-electron chi connectivity index (χ4n) is 2.20. The van der Waals surface area contributed by atoms with Crippen molar-refractivity contribution in [3.63, 3.8) is 0 Å². The van der Waals surface area contributed by atoms with Gasteiger partial charge in [-0.1, -0.05) is 11.6 Å². The Morgan fingerprint density at radius 1 is 1.33 bits per heavy atom. The molecule has 4 nitrogen and oxygen atoms in total. The highest BCUT2D eigenvalue weighted by molar-refractivity contribution is 6.33. The van der Waals surface area contributed by atoms with Crippen molar-refractivity contribution >= 4 is 17.6 Å². The van der Waals surface area contributed by atoms with Gasteiger partial charge in [0.2, 0.25) is 0 Å². The van der Waals surface area contributed by atoms with Crippen molar-refractivity contribution in [1.82, 2.24) is 0 Å². The van der Waals surface area contributed by atoms with E-state index in [2.05, 4.69) is 0 Å². The molecule has 0 fully saturated rings. The third-order valence-corrected chi connectivity index (χ3v) is 3.66. The monoisotopic (exact) mass is 271 g/mol. The summed E-state index contributed by atoms with van der Waals surface area (Å²) in [6.07, 6.45) is -0.121. The fraction of sp³-hybridized carbons (Fsp3) is 0.462. The molecule has 0 aromatic heterocycles. The Balaban J connectivity index is 3.41. The molecule has 5 heteroatoms. The minimum absolute atomic E-state index is 0.121. The van der Waals surface area contributed by atoms with Crippen LogP contribution in [0, 0.1) is 20.8 Å². The predicted octanol–water partition coefficient (Wildman–Crippen LogP) is 2.75. The van der Waals surface area contributed by atoms with Crippen LogP contribution >= 0.6 is 11.6 Å². The van der Waals surface area contributed by atoms with Gasteiger partial charge in [0, 0.05) is 6.04 Å². The molecule has 18 heavy (non-hydrogen) atoms. The van der Waals surface area contributed by atoms with Crippen molar-refractivity contribution in [3.05, 3.63) is 27.3 Å². The fourth-order valence-corrected chi connectivity index (χ4v) is 2.52. The summed E-state index contributed by atoms with van der Waals surface area (Å²) in [7, 11) is 1.56. The molecule has 1 aromatic carbocycles. The Labute approximate surface area is 112 Å². The maximum atomic E-state index is 10.8. The molecule has 0 saturated carbocycles. The molecule has 0 aliphatic rings. The van der Waals surface area contributed by atoms with Crippen LogP contribution in [0.5, 0.6) is 5.75 Å². The Morgan fingerprint density at radius 2 is 1.89 bits per heavy atom. The second-order valence-electron chi connectivity index (χ2n) is 4.34. The Hall–Kier alpha value is -1.26. The van der Waals surface area contributed by atoms with Gasteiger partial charge in [0.1, 0.15) is 5.75 Å². The Morgan fingerprint density at radius 3 is 2.33 bits per heavy atom. The van der Waals surface area contributed by atoms with E-state index < -0.39 is 12.0 Å². The van der Waals surface area contributed by atoms with E-state index in [1.54, 1.807) is 7.11 Å². The number of halogens is 1. The number of methoxy groups -OCH3 is 1. The molecule has 1 aromatic rings. The van der Waals surface area contributed by atoms with Gasteiger partial charge in [0.15, 0.2) is 0 Å². The smallest absolute Gasteiger partial charge is 0.305 e. The first-order valence-corrected chi connectivity index (χ1v) is 5.99. The number of rotatable bonds is 4. The van der Waals surface area contributed by atoms with Gasteiger partial charge in [-0.3, -0.25) is 4.79 Å². The average molecular weight is 272 g/mol. The standard InChI is InChI=1S/C13H18ClNO3/c1-6-7(2)13(18-4)12(14)8(3)11(6)9(15)5-10(16)17/h9H,5,15H2,1-4H3,(H,16,17). The first-order chi connectivity index (χ1) is 8.31. The highest BCUT2D eigenvalue weighted by atomic mass is 35.5. The molecule has 0 spiro atoms. The lowest BCUT2D eigenvalue weighted by Crippen LogP contribution is -2.18. The van der Waals surface area contributed by atoms with E-state index in [0.717, 1.165) is 22.3 Å². The molecule has 1 rings (SSSR count). The highest BCUT2D eigenvalue weighted by Gasteiger charge is 2.22. The minimum Gasteiger partial charge on any atom is -0.495 e. The summed E-state index contributed by atoms with van der Waals surface area (Å²) in [5, 5.41) is 9.33. The van der Waals surface area contributed by atoms with E-state index in [1.165, 1.54) is 0 Å². The van der Waals surface area contributed by atoms with Crippen molar-refractivity contribution in [2.24, 2.45) is 5.73 Å². The van der Waals surface area contributed by atoms with Gasteiger partial charge in [-0.15, -0.1) is 0 Å². The summed E-state index contributed by atoms with van der Waals surface area (Å²) < 4.78 is 5.26. The number of aliphatic carboxylic acids is 1. The second-order valence-corrected chi connectivity index (χ2v) is 4.72. The quantitative estimate of drug-likeness (QED) is 0.883. The molecular formula is C13H18ClNO3. The van der Waals surface area contributed by atoms with Crippen LogP contribution in [0.1, 0.15) is 34.7 Å². The largest absolute Gasteiger partial charge is 0.495 e. The van der Waals surface area contributed by atoms with E-state index in [1.807, 2.05) is 20.8 Å². The number of carboxylic acids is 1. The van der Waals surface area contributed by atoms with Gasteiger partial charge in [-0.2, -0.15) is 0 Å². The van der Waals surface area contributed by atoms with E-state index in [-0.39, 0.29) is 6.42 Å². The summed E-state index contributed by atoms with van der Waals surface area (Å²) in [5.74, 6) is -0.302. The van der Waals surface area contributed by atoms with Gasteiger partial charge < -0.3 is 15.6 Å². The predicted molar refractivity (Wildman–Crippen MR) is 71.4 cm³/mol. The van der Waals surface area contributed by atoms with Gasteiger partial charge in [-0.05, 0) is 43.0 Å². The summed E-state index contributed by atoms with van der Waals surface area (Å²) >= 11 is 6.23. The summed E-state index contributed by atoms with van der Waals surface area (Å²) in [4.78, 5) is 10.8. The van der Waals surface area contributed by atoms with Gasteiger partial charge >= 0.3 is 5.97 Å². The summed E-state index contributed by atoms with van der Waals surface area (Å²) in [5.41, 5.74) is 9.35. The highest BCUT2D eigenvalue weighted by Crippen LogP contribution is 2.39. The molecule has 1 atom stereocenters. The Kier molecular flexibility index (Phi) is 4.59. The number of carbonyl (C=O) groups is 1. The summed E-state index contributed by atoms with van der Waals surface area (Å²) in [6.45, 7) is 5.61. The SMILES string of the molecule is COc1c(C)c(C)c(C(N)CC(=O)O)c(C)c1Cl. The molecule has 3 N–H and O–H groups in total. The number of ether oxygens (including phenoxy) is 1. The van der Waals surface area contributed by atoms with E-state index in [4.69, 9.17) is 27.2 Å². The van der Waals surface area contributed by atoms with Crippen LogP contribution in [0.4, 0.5) is 0 Å². The molecule has 0 aliphatic carbocycles. The van der Waals surface area contributed by atoms with E-state index in [9.17, 15) is 4.79 Å². The molecule has 0 amide bonds. The number of carboxylic acid groups (broad SMARTS) is 1. The van der Waals surface area contributed by atoms with Crippen LogP contribution in [0.25, 0.3) is 0 Å². The minimum atomic E-state index is -0.925. The van der Waals surface area contributed by atoms with Crippen molar-refractivity contribution in [2.75, 3.05) is 7.11 Å². The van der Waals surface area contributed by atoms with Crippen LogP contribution in [0.15, 0.2) is 0 Å². The molecule has 100 valence electrons. The zero-order valence-electron chi connectivity index (χ0n) is 11.0. The number of hydrogen-bond donors (Lipinski definition) is 2. The van der Waals surface area contributed by atoms with E-state index in [0.29, 0.717) is 10.8 Å². The van der Waals surface area contributed by atoms with Crippen LogP contribution in [-0.4, -0.2) is 18.2 Å². The van der Waals surface area contributed by atoms with Gasteiger partial charge in [-0.25, -0.2) is 0 Å². The lowest BCUT2D eigenvalue weighted by atomic mass is 9.91. The number of nitrogens with two attached hydrogens (primary N) is 1. The number of hydrogen-bond acceptors (Lipinski definition) is 3. The maximum absolute atomic E-state index is 10.8. The molecule has 0 heterocycles. The normalized spacial score (nSPS) is 12.3. The van der Waals surface area contributed by atoms with Crippen molar-refractivity contribution in [2.45, 2.75) is 33.2 Å². The van der Waals surface area contributed by atoms with Crippen molar-refractivity contribution < 1.29 is 14.6 Å². The average Bonchev–Trinajstić information content (AvgIpc) is 2.26. The zero-order chi connectivity index (χ0) is 14.0. The topological polar surface area (TPSA) is 72.5 Å². The second kappa shape index (κ2) is 5.59. The van der Waals surface area contributed by atoms with Crippen molar-refractivity contribution in [3.8, 4) is 5.75 Å². The van der Waals surface area contributed by atoms with Crippen LogP contribution in [0.3, 0.4) is 0 Å². The van der Waals surface area contributed by atoms with Crippen molar-refractivity contribution in [1.29, 1.82) is 0 Å². The number of benzene rings is 1.